The number of quaternary nitrogens is 1. The first-order valence-electron chi connectivity index (χ1n) is 3.93. The van der Waals surface area contributed by atoms with Gasteiger partial charge in [-0.2, -0.15) is 0 Å². The monoisotopic (exact) mass is 159 g/mol. The van der Waals surface area contributed by atoms with Gasteiger partial charge in [-0.05, 0) is 19.1 Å². The van der Waals surface area contributed by atoms with Gasteiger partial charge in [0.05, 0.1) is 21.1 Å². The predicted octanol–water partition coefficient (Wildman–Crippen LogP) is 0.483. The summed E-state index contributed by atoms with van der Waals surface area (Å²) in [7, 11) is 6.15. The van der Waals surface area contributed by atoms with Crippen LogP contribution in [-0.4, -0.2) is 49.6 Å². The normalized spacial score (nSPS) is 14.5. The highest BCUT2D eigenvalue weighted by atomic mass is 16.3. The van der Waals surface area contributed by atoms with Gasteiger partial charge in [0.1, 0.15) is 12.6 Å². The summed E-state index contributed by atoms with van der Waals surface area (Å²) in [6, 6.07) is 0. The molecule has 3 nitrogen and oxygen atoms in total. The van der Waals surface area contributed by atoms with Crippen molar-refractivity contribution in [3.8, 4) is 0 Å². The van der Waals surface area contributed by atoms with Crippen LogP contribution in [0.15, 0.2) is 0 Å². The minimum absolute atomic E-state index is 0.267. The first-order chi connectivity index (χ1) is 4.95. The lowest BCUT2D eigenvalue weighted by molar-refractivity contribution is -0.873. The summed E-state index contributed by atoms with van der Waals surface area (Å²) in [4.78, 5) is 0. The van der Waals surface area contributed by atoms with E-state index >= 15 is 0 Å². The van der Waals surface area contributed by atoms with Gasteiger partial charge in [-0.3, -0.25) is 0 Å². The van der Waals surface area contributed by atoms with Crippen molar-refractivity contribution in [2.24, 2.45) is 0 Å². The van der Waals surface area contributed by atoms with E-state index < -0.39 is 0 Å². The summed E-state index contributed by atoms with van der Waals surface area (Å²) in [6.45, 7) is 0.758. The van der Waals surface area contributed by atoms with Crippen molar-refractivity contribution in [1.82, 2.24) is 0 Å². The maximum Gasteiger partial charge on any atom is 0.104 e. The van der Waals surface area contributed by atoms with Crippen LogP contribution in [-0.2, 0) is 0 Å². The van der Waals surface area contributed by atoms with Crippen molar-refractivity contribution >= 4 is 6.21 Å². The SMILES string of the molecule is C[N+](C)(C)C[C@H](O)CCC=N. The Labute approximate surface area is 68.7 Å². The van der Waals surface area contributed by atoms with Gasteiger partial charge < -0.3 is 15.0 Å². The zero-order chi connectivity index (χ0) is 8.91. The first kappa shape index (κ1) is 10.6. The van der Waals surface area contributed by atoms with E-state index in [1.165, 1.54) is 6.21 Å². The van der Waals surface area contributed by atoms with E-state index in [-0.39, 0.29) is 6.10 Å². The van der Waals surface area contributed by atoms with Crippen LogP contribution in [0.4, 0.5) is 0 Å². The van der Waals surface area contributed by atoms with E-state index in [1.807, 2.05) is 21.1 Å². The third kappa shape index (κ3) is 7.49. The van der Waals surface area contributed by atoms with Crippen molar-refractivity contribution in [1.29, 1.82) is 5.41 Å². The van der Waals surface area contributed by atoms with E-state index in [2.05, 4.69) is 0 Å². The summed E-state index contributed by atoms with van der Waals surface area (Å²) < 4.78 is 0.777. The molecule has 0 saturated heterocycles. The molecule has 0 bridgehead atoms. The molecule has 3 heteroatoms. The number of hydrogen-bond donors (Lipinski definition) is 2. The Hall–Kier alpha value is -0.410. The van der Waals surface area contributed by atoms with Crippen LogP contribution in [0.1, 0.15) is 12.8 Å². The van der Waals surface area contributed by atoms with Crippen molar-refractivity contribution in [3.63, 3.8) is 0 Å². The number of aliphatic hydroxyl groups excluding tert-OH is 1. The Balaban J connectivity index is 3.51. The molecule has 0 saturated carbocycles. The summed E-state index contributed by atoms with van der Waals surface area (Å²) in [5, 5.41) is 16.2. The molecule has 0 fully saturated rings. The topological polar surface area (TPSA) is 44.1 Å². The van der Waals surface area contributed by atoms with Gasteiger partial charge in [0.25, 0.3) is 0 Å². The molecule has 0 spiro atoms. The Morgan fingerprint density at radius 2 is 2.00 bits per heavy atom. The van der Waals surface area contributed by atoms with Crippen LogP contribution in [0.25, 0.3) is 0 Å². The lowest BCUT2D eigenvalue weighted by Crippen LogP contribution is -2.41. The first-order valence-corrected chi connectivity index (χ1v) is 3.93. The number of likely N-dealkylation sites (N-methyl/N-ethyl adjacent to an activating group) is 1. The van der Waals surface area contributed by atoms with Gasteiger partial charge in [-0.15, -0.1) is 0 Å². The van der Waals surface area contributed by atoms with Gasteiger partial charge in [-0.25, -0.2) is 0 Å². The maximum absolute atomic E-state index is 9.40. The zero-order valence-corrected chi connectivity index (χ0v) is 7.67. The van der Waals surface area contributed by atoms with Gasteiger partial charge in [-0.1, -0.05) is 0 Å². The van der Waals surface area contributed by atoms with Gasteiger partial charge in [0.15, 0.2) is 0 Å². The van der Waals surface area contributed by atoms with E-state index in [9.17, 15) is 5.11 Å². The Morgan fingerprint density at radius 3 is 2.36 bits per heavy atom. The molecule has 0 aromatic carbocycles. The summed E-state index contributed by atoms with van der Waals surface area (Å²) >= 11 is 0. The maximum atomic E-state index is 9.40. The minimum atomic E-state index is -0.267. The Kier molecular flexibility index (Phi) is 4.30. The molecule has 0 aliphatic rings. The Morgan fingerprint density at radius 1 is 1.45 bits per heavy atom. The van der Waals surface area contributed by atoms with Crippen LogP contribution in [0, 0.1) is 5.41 Å². The number of hydrogen-bond acceptors (Lipinski definition) is 2. The molecule has 0 amide bonds. The van der Waals surface area contributed by atoms with E-state index in [0.29, 0.717) is 12.8 Å². The fourth-order valence-corrected chi connectivity index (χ4v) is 0.999. The summed E-state index contributed by atoms with van der Waals surface area (Å²) in [6.07, 6.45) is 2.47. The second-order valence-electron chi connectivity index (χ2n) is 3.91. The average molecular weight is 159 g/mol. The second kappa shape index (κ2) is 4.46. The number of aliphatic hydroxyl groups is 1. The molecular weight excluding hydrogens is 140 g/mol. The molecule has 0 aromatic rings. The fourth-order valence-electron chi connectivity index (χ4n) is 0.999. The van der Waals surface area contributed by atoms with E-state index in [4.69, 9.17) is 5.41 Å². The van der Waals surface area contributed by atoms with Crippen LogP contribution in [0.2, 0.25) is 0 Å². The second-order valence-corrected chi connectivity index (χ2v) is 3.91. The lowest BCUT2D eigenvalue weighted by Gasteiger charge is -2.26. The molecule has 0 aromatic heterocycles. The van der Waals surface area contributed by atoms with Gasteiger partial charge in [0, 0.05) is 0 Å². The highest BCUT2D eigenvalue weighted by molar-refractivity contribution is 5.52. The van der Waals surface area contributed by atoms with Crippen molar-refractivity contribution in [2.45, 2.75) is 18.9 Å². The summed E-state index contributed by atoms with van der Waals surface area (Å²) in [5.41, 5.74) is 0. The highest BCUT2D eigenvalue weighted by Crippen LogP contribution is 2.00. The largest absolute Gasteiger partial charge is 0.387 e. The summed E-state index contributed by atoms with van der Waals surface area (Å²) in [5.74, 6) is 0. The smallest absolute Gasteiger partial charge is 0.104 e. The quantitative estimate of drug-likeness (QED) is 0.445. The number of nitrogens with one attached hydrogen (secondary N) is 1. The van der Waals surface area contributed by atoms with Crippen LogP contribution in [0.3, 0.4) is 0 Å². The van der Waals surface area contributed by atoms with Gasteiger partial charge in [0.2, 0.25) is 0 Å². The van der Waals surface area contributed by atoms with Gasteiger partial charge >= 0.3 is 0 Å². The third-order valence-corrected chi connectivity index (χ3v) is 1.40. The molecule has 0 radical (unpaired) electrons. The molecule has 0 rings (SSSR count). The molecule has 66 valence electrons. The molecular formula is C8H19N2O+. The Bertz CT molecular complexity index is 118. The standard InChI is InChI=1S/C8H19N2O/c1-10(2,3)7-8(11)5-4-6-9/h6,8-9,11H,4-5,7H2,1-3H3/q+1/t8-/m1/s1. The van der Waals surface area contributed by atoms with Crippen LogP contribution < -0.4 is 0 Å². The van der Waals surface area contributed by atoms with Crippen LogP contribution >= 0.6 is 0 Å². The zero-order valence-electron chi connectivity index (χ0n) is 7.67. The lowest BCUT2D eigenvalue weighted by atomic mass is 10.2. The average Bonchev–Trinajstić information content (AvgIpc) is 1.79. The van der Waals surface area contributed by atoms with Crippen molar-refractivity contribution in [3.05, 3.63) is 0 Å². The molecule has 11 heavy (non-hydrogen) atoms. The molecule has 0 heterocycles. The molecule has 0 unspecified atom stereocenters. The predicted molar refractivity (Wildman–Crippen MR) is 46.9 cm³/mol. The van der Waals surface area contributed by atoms with Crippen LogP contribution in [0.5, 0.6) is 0 Å². The van der Waals surface area contributed by atoms with E-state index in [1.54, 1.807) is 0 Å². The van der Waals surface area contributed by atoms with Crippen molar-refractivity contribution in [2.75, 3.05) is 27.7 Å². The molecule has 2 N–H and O–H groups in total. The van der Waals surface area contributed by atoms with Crippen molar-refractivity contribution < 1.29 is 9.59 Å². The third-order valence-electron chi connectivity index (χ3n) is 1.40. The molecule has 0 aliphatic carbocycles. The molecule has 1 atom stereocenters. The minimum Gasteiger partial charge on any atom is -0.387 e. The highest BCUT2D eigenvalue weighted by Gasteiger charge is 2.13. The molecule has 0 aliphatic heterocycles. The fraction of sp³-hybridized carbons (Fsp3) is 0.875. The number of rotatable bonds is 5. The van der Waals surface area contributed by atoms with E-state index in [0.717, 1.165) is 11.0 Å². The number of nitrogens with zero attached hydrogens (tertiary/aromatic N) is 1.